The number of thiophene rings is 2. The van der Waals surface area contributed by atoms with E-state index in [1.807, 2.05) is 0 Å². The molecule has 1 saturated heterocycles. The number of hydrogen-bond donors (Lipinski definition) is 2. The van der Waals surface area contributed by atoms with Crippen molar-refractivity contribution >= 4 is 61.1 Å². The lowest BCUT2D eigenvalue weighted by molar-refractivity contribution is -0.120. The monoisotopic (exact) mass is 530 g/mol. The molecule has 0 aliphatic carbocycles. The van der Waals surface area contributed by atoms with E-state index in [0.29, 0.717) is 46.7 Å². The van der Waals surface area contributed by atoms with Gasteiger partial charge in [0.2, 0.25) is 5.91 Å². The summed E-state index contributed by atoms with van der Waals surface area (Å²) in [6.45, 7) is 6.00. The van der Waals surface area contributed by atoms with Gasteiger partial charge in [-0.15, -0.1) is 22.7 Å². The first-order valence-corrected chi connectivity index (χ1v) is 14.3. The van der Waals surface area contributed by atoms with Crippen molar-refractivity contribution in [3.05, 3.63) is 32.5 Å². The van der Waals surface area contributed by atoms with Crippen molar-refractivity contribution < 1.29 is 18.0 Å². The van der Waals surface area contributed by atoms with Gasteiger partial charge in [0.1, 0.15) is 15.3 Å². The molecule has 0 aromatic carbocycles. The molecule has 33 heavy (non-hydrogen) atoms. The highest BCUT2D eigenvalue weighted by Gasteiger charge is 2.39. The molecule has 2 aromatic rings. The topological polar surface area (TPSA) is 113 Å². The molecule has 180 valence electrons. The normalized spacial score (nSPS) is 20.1. The third kappa shape index (κ3) is 4.85. The summed E-state index contributed by atoms with van der Waals surface area (Å²) in [7, 11) is -3.86. The van der Waals surface area contributed by atoms with Crippen LogP contribution in [-0.2, 0) is 27.8 Å². The summed E-state index contributed by atoms with van der Waals surface area (Å²) in [5.74, 6) is -1.02. The summed E-state index contributed by atoms with van der Waals surface area (Å²) < 4.78 is 28.2. The number of nitrogens with one attached hydrogen (secondary N) is 1. The van der Waals surface area contributed by atoms with Crippen LogP contribution in [0.4, 0.5) is 5.00 Å². The second-order valence-electron chi connectivity index (χ2n) is 8.56. The fourth-order valence-electron chi connectivity index (χ4n) is 4.41. The van der Waals surface area contributed by atoms with Crippen LogP contribution in [-0.4, -0.2) is 54.6 Å². The van der Waals surface area contributed by atoms with E-state index in [-0.39, 0.29) is 10.8 Å². The van der Waals surface area contributed by atoms with Gasteiger partial charge >= 0.3 is 0 Å². The largest absolute Gasteiger partial charge is 0.365 e. The van der Waals surface area contributed by atoms with Gasteiger partial charge in [-0.1, -0.05) is 18.0 Å². The summed E-state index contributed by atoms with van der Waals surface area (Å²) in [5.41, 5.74) is 6.93. The predicted molar refractivity (Wildman–Crippen MR) is 132 cm³/mol. The van der Waals surface area contributed by atoms with Gasteiger partial charge in [-0.3, -0.25) is 14.5 Å². The molecule has 2 aromatic heterocycles. The highest BCUT2D eigenvalue weighted by Crippen LogP contribution is 2.38. The van der Waals surface area contributed by atoms with E-state index in [2.05, 4.69) is 24.1 Å². The van der Waals surface area contributed by atoms with Crippen LogP contribution in [0.15, 0.2) is 16.3 Å². The average Bonchev–Trinajstić information content (AvgIpc) is 3.36. The maximum absolute atomic E-state index is 13.3. The molecule has 0 saturated carbocycles. The van der Waals surface area contributed by atoms with Crippen LogP contribution in [0, 0.1) is 0 Å². The van der Waals surface area contributed by atoms with Crippen LogP contribution in [0.2, 0.25) is 4.34 Å². The Labute approximate surface area is 206 Å². The Morgan fingerprint density at radius 3 is 2.61 bits per heavy atom. The van der Waals surface area contributed by atoms with Gasteiger partial charge in [-0.25, -0.2) is 8.42 Å². The maximum Gasteiger partial charge on any atom is 0.253 e. The zero-order valence-electron chi connectivity index (χ0n) is 18.5. The van der Waals surface area contributed by atoms with E-state index >= 15 is 0 Å². The van der Waals surface area contributed by atoms with Gasteiger partial charge in [0.05, 0.1) is 9.90 Å². The lowest BCUT2D eigenvalue weighted by Gasteiger charge is -2.33. The van der Waals surface area contributed by atoms with E-state index in [1.54, 1.807) is 0 Å². The number of carbonyl (C=O) groups is 2. The van der Waals surface area contributed by atoms with Gasteiger partial charge in [0.25, 0.3) is 15.9 Å². The Hall–Kier alpha value is -1.50. The summed E-state index contributed by atoms with van der Waals surface area (Å²) in [6, 6.07) is 2.50. The quantitative estimate of drug-likeness (QED) is 0.593. The third-order valence-electron chi connectivity index (χ3n) is 6.17. The standard InChI is InChI=1S/C21H27ClN4O4S3/c1-12(2)25-10-8-13-15(11-25)31-21(18(13)19(23)27)24-20(28)14-5-3-4-9-26(14)33(29,30)17-7-6-16(22)32-17/h6-7,12,14H,3-5,8-11H2,1-2H3,(H2,23,27)(H,24,28). The molecule has 0 radical (unpaired) electrons. The fraction of sp³-hybridized carbons (Fsp3) is 0.524. The van der Waals surface area contributed by atoms with E-state index in [0.717, 1.165) is 34.7 Å². The van der Waals surface area contributed by atoms with Gasteiger partial charge in [-0.2, -0.15) is 4.31 Å². The zero-order valence-corrected chi connectivity index (χ0v) is 21.7. The summed E-state index contributed by atoms with van der Waals surface area (Å²) in [4.78, 5) is 28.9. The highest BCUT2D eigenvalue weighted by atomic mass is 35.5. The maximum atomic E-state index is 13.3. The van der Waals surface area contributed by atoms with Gasteiger partial charge in [-0.05, 0) is 50.8 Å². The number of carbonyl (C=O) groups excluding carboxylic acids is 2. The second kappa shape index (κ2) is 9.63. The van der Waals surface area contributed by atoms with E-state index in [4.69, 9.17) is 17.3 Å². The number of anilines is 1. The SMILES string of the molecule is CC(C)N1CCc2c(sc(NC(=O)C3CCCCN3S(=O)(=O)c3ccc(Cl)s3)c2C(N)=O)C1. The molecule has 8 nitrogen and oxygen atoms in total. The molecule has 2 aliphatic heterocycles. The number of piperidine rings is 1. The molecule has 4 rings (SSSR count). The molecule has 4 heterocycles. The number of nitrogens with zero attached hydrogens (tertiary/aromatic N) is 2. The predicted octanol–water partition coefficient (Wildman–Crippen LogP) is 3.51. The van der Waals surface area contributed by atoms with E-state index < -0.39 is 27.9 Å². The zero-order chi connectivity index (χ0) is 23.9. The average molecular weight is 531 g/mol. The number of rotatable bonds is 6. The number of nitrogens with two attached hydrogens (primary N) is 1. The van der Waals surface area contributed by atoms with Crippen LogP contribution in [0.1, 0.15) is 53.9 Å². The van der Waals surface area contributed by atoms with Gasteiger partial charge in [0, 0.05) is 30.6 Å². The minimum atomic E-state index is -3.86. The second-order valence-corrected chi connectivity index (χ2v) is 13.5. The summed E-state index contributed by atoms with van der Waals surface area (Å²) in [6.07, 6.45) is 2.50. The van der Waals surface area contributed by atoms with Crippen molar-refractivity contribution in [2.45, 2.75) is 62.4 Å². The molecule has 2 aliphatic rings. The molecule has 2 amide bonds. The molecule has 12 heteroatoms. The number of fused-ring (bicyclic) bond motifs is 1. The van der Waals surface area contributed by atoms with Crippen molar-refractivity contribution in [3.63, 3.8) is 0 Å². The number of amides is 2. The minimum Gasteiger partial charge on any atom is -0.365 e. The first kappa shape index (κ1) is 24.6. The van der Waals surface area contributed by atoms with Gasteiger partial charge < -0.3 is 11.1 Å². The molecule has 1 fully saturated rings. The number of hydrogen-bond acceptors (Lipinski definition) is 7. The van der Waals surface area contributed by atoms with Crippen molar-refractivity contribution in [2.75, 3.05) is 18.4 Å². The lowest BCUT2D eigenvalue weighted by atomic mass is 10.0. The van der Waals surface area contributed by atoms with Crippen molar-refractivity contribution in [2.24, 2.45) is 5.73 Å². The van der Waals surface area contributed by atoms with E-state index in [9.17, 15) is 18.0 Å². The van der Waals surface area contributed by atoms with E-state index in [1.165, 1.54) is 27.8 Å². The van der Waals surface area contributed by atoms with Crippen molar-refractivity contribution in [3.8, 4) is 0 Å². The Kier molecular flexibility index (Phi) is 7.18. The minimum absolute atomic E-state index is 0.116. The van der Waals surface area contributed by atoms with Crippen molar-refractivity contribution in [1.29, 1.82) is 0 Å². The first-order chi connectivity index (χ1) is 15.6. The molecule has 0 spiro atoms. The Morgan fingerprint density at radius 2 is 1.97 bits per heavy atom. The Bertz CT molecular complexity index is 1170. The summed E-state index contributed by atoms with van der Waals surface area (Å²) in [5, 5.41) is 3.26. The molecule has 1 atom stereocenters. The Balaban J connectivity index is 1.61. The van der Waals surface area contributed by atoms with Crippen molar-refractivity contribution in [1.82, 2.24) is 9.21 Å². The molecular weight excluding hydrogens is 504 g/mol. The third-order valence-corrected chi connectivity index (χ3v) is 10.9. The van der Waals surface area contributed by atoms with Crippen LogP contribution < -0.4 is 11.1 Å². The number of primary amides is 1. The summed E-state index contributed by atoms with van der Waals surface area (Å²) >= 11 is 8.28. The molecule has 3 N–H and O–H groups in total. The fourth-order valence-corrected chi connectivity index (χ4v) is 8.96. The lowest BCUT2D eigenvalue weighted by Crippen LogP contribution is -2.49. The Morgan fingerprint density at radius 1 is 1.21 bits per heavy atom. The highest BCUT2D eigenvalue weighted by molar-refractivity contribution is 7.91. The number of sulfonamides is 1. The molecule has 1 unspecified atom stereocenters. The smallest absolute Gasteiger partial charge is 0.253 e. The van der Waals surface area contributed by atoms with Gasteiger partial charge in [0.15, 0.2) is 0 Å². The van der Waals surface area contributed by atoms with Crippen LogP contribution in [0.3, 0.4) is 0 Å². The first-order valence-electron chi connectivity index (χ1n) is 10.9. The van der Waals surface area contributed by atoms with Crippen LogP contribution in [0.5, 0.6) is 0 Å². The molecular formula is C21H27ClN4O4S3. The molecule has 0 bridgehead atoms. The number of halogens is 1. The van der Waals surface area contributed by atoms with Crippen LogP contribution >= 0.6 is 34.3 Å². The van der Waals surface area contributed by atoms with Crippen LogP contribution in [0.25, 0.3) is 0 Å².